The molecule has 7 amide bonds. The van der Waals surface area contributed by atoms with E-state index in [1.54, 1.807) is 37.7 Å². The summed E-state index contributed by atoms with van der Waals surface area (Å²) in [5, 5.41) is 18.9. The largest absolute Gasteiger partial charge is 0.465 e. The fraction of sp³-hybridized carbons (Fsp3) is 0.554. The van der Waals surface area contributed by atoms with Crippen LogP contribution in [-0.4, -0.2) is 136 Å². The fourth-order valence-electron chi connectivity index (χ4n) is 10.6. The molecular weight excluding hydrogens is 929 g/mol. The number of amides is 7. The minimum Gasteiger partial charge on any atom is -0.465 e. The number of nitrogens with one attached hydrogen (secondary N) is 3. The average molecular weight is 1010 g/mol. The van der Waals surface area contributed by atoms with Crippen LogP contribution in [0.2, 0.25) is 0 Å². The SMILES string of the molecule is COC[C@H](c1ccccc1)N(CC1(C(=O)N[C@H]2C[C@@H](C(=O)N[C@@H]3CCCc4ccccc43)N(C(=O)[C@@H](NC(=O)[C@H](C)N(C)C(=O)O)C(C)(C)C)C2)CC1)C(=O)[C@@H]1Cc2ccccc2CN1C(=O)[C@@H](N)C(C)(C)C. The minimum atomic E-state index is -1.31. The standard InChI is InChI=1S/C56H76N8O9/c1-34(61(8)53(71)72)47(65)60-46(55(5,6)7)51(69)63-31-39(29-42(63)48(66)59-41-25-17-23-35-18-15-16-24-40(35)41)58-52(70)56(26-27-56)33-64(44(32-73-9)36-19-11-10-12-20-36)49(67)43-28-37-21-13-14-22-38(37)30-62(43)50(68)45(57)54(2,3)4/h10-16,18-22,24,34,39,41-46H,17,23,25-33,57H2,1-9H3,(H,58,70)(H,59,66)(H,60,65)(H,71,72)/t34-,39-,41+,42-,43-,44+,45+,46+/m0/s1. The van der Waals surface area contributed by atoms with Gasteiger partial charge in [-0.2, -0.15) is 0 Å². The summed E-state index contributed by atoms with van der Waals surface area (Å²) in [5.41, 5.74) is 8.92. The van der Waals surface area contributed by atoms with Crippen molar-refractivity contribution in [2.24, 2.45) is 22.0 Å². The molecular formula is C56H76N8O9. The molecule has 7 rings (SSSR count). The number of nitrogens with zero attached hydrogens (tertiary/aromatic N) is 4. The zero-order valence-corrected chi connectivity index (χ0v) is 44.0. The van der Waals surface area contributed by atoms with E-state index in [2.05, 4.69) is 22.0 Å². The predicted octanol–water partition coefficient (Wildman–Crippen LogP) is 5.12. The Morgan fingerprint density at radius 2 is 1.45 bits per heavy atom. The lowest BCUT2D eigenvalue weighted by molar-refractivity contribution is -0.152. The highest BCUT2D eigenvalue weighted by atomic mass is 16.5. The lowest BCUT2D eigenvalue weighted by atomic mass is 9.84. The van der Waals surface area contributed by atoms with Crippen LogP contribution >= 0.6 is 0 Å². The van der Waals surface area contributed by atoms with Gasteiger partial charge in [0.05, 0.1) is 30.1 Å². The van der Waals surface area contributed by atoms with E-state index in [4.69, 9.17) is 10.5 Å². The van der Waals surface area contributed by atoms with Crippen molar-refractivity contribution in [3.05, 3.63) is 107 Å². The molecule has 1 saturated heterocycles. The Hall–Kier alpha value is -6.33. The number of carbonyl (C=O) groups excluding carboxylic acids is 6. The molecule has 17 heteroatoms. The van der Waals surface area contributed by atoms with E-state index < -0.39 is 82.4 Å². The molecule has 2 heterocycles. The molecule has 2 aliphatic carbocycles. The van der Waals surface area contributed by atoms with Crippen LogP contribution in [0.1, 0.15) is 120 Å². The number of hydrogen-bond acceptors (Lipinski definition) is 9. The molecule has 2 aliphatic heterocycles. The first-order valence-electron chi connectivity index (χ1n) is 25.7. The lowest BCUT2D eigenvalue weighted by Gasteiger charge is -2.43. The van der Waals surface area contributed by atoms with Gasteiger partial charge in [0.25, 0.3) is 0 Å². The van der Waals surface area contributed by atoms with E-state index in [0.717, 1.165) is 45.6 Å². The van der Waals surface area contributed by atoms with Crippen molar-refractivity contribution in [2.75, 3.05) is 33.9 Å². The number of carbonyl (C=O) groups is 7. The molecule has 0 spiro atoms. The number of ether oxygens (including phenoxy) is 1. The van der Waals surface area contributed by atoms with Gasteiger partial charge in [-0.3, -0.25) is 33.7 Å². The number of nitrogens with two attached hydrogens (primary N) is 1. The minimum absolute atomic E-state index is 0.00639. The van der Waals surface area contributed by atoms with Crippen LogP contribution in [0, 0.1) is 16.2 Å². The number of likely N-dealkylation sites (tertiary alicyclic amines) is 1. The van der Waals surface area contributed by atoms with Gasteiger partial charge in [-0.05, 0) is 84.1 Å². The van der Waals surface area contributed by atoms with Crippen molar-refractivity contribution in [1.29, 1.82) is 0 Å². The second kappa shape index (κ2) is 22.0. The quantitative estimate of drug-likeness (QED) is 0.127. The molecule has 17 nitrogen and oxygen atoms in total. The Labute approximate surface area is 429 Å². The number of rotatable bonds is 16. The first-order chi connectivity index (χ1) is 34.4. The Morgan fingerprint density at radius 3 is 2.07 bits per heavy atom. The molecule has 0 bridgehead atoms. The zero-order valence-electron chi connectivity index (χ0n) is 44.0. The number of methoxy groups -OCH3 is 1. The van der Waals surface area contributed by atoms with Gasteiger partial charge in [-0.15, -0.1) is 0 Å². The molecule has 6 N–H and O–H groups in total. The van der Waals surface area contributed by atoms with Crippen molar-refractivity contribution >= 4 is 41.5 Å². The topological polar surface area (TPSA) is 224 Å². The molecule has 3 aromatic rings. The summed E-state index contributed by atoms with van der Waals surface area (Å²) in [6.07, 6.45) is 2.34. The first kappa shape index (κ1) is 54.4. The number of hydrogen-bond donors (Lipinski definition) is 5. The third kappa shape index (κ3) is 12.0. The second-order valence-electron chi connectivity index (χ2n) is 22.9. The van der Waals surface area contributed by atoms with E-state index in [9.17, 15) is 29.1 Å². The van der Waals surface area contributed by atoms with Gasteiger partial charge in [0.1, 0.15) is 24.2 Å². The predicted molar refractivity (Wildman–Crippen MR) is 275 cm³/mol. The monoisotopic (exact) mass is 1000 g/mol. The third-order valence-corrected chi connectivity index (χ3v) is 15.6. The van der Waals surface area contributed by atoms with Gasteiger partial charge >= 0.3 is 6.09 Å². The molecule has 1 saturated carbocycles. The van der Waals surface area contributed by atoms with Crippen LogP contribution in [0.3, 0.4) is 0 Å². The third-order valence-electron chi connectivity index (χ3n) is 15.6. The van der Waals surface area contributed by atoms with Crippen LogP contribution in [-0.2, 0) is 52.9 Å². The van der Waals surface area contributed by atoms with E-state index in [1.807, 2.05) is 93.6 Å². The average Bonchev–Trinajstić information content (AvgIpc) is 4.04. The van der Waals surface area contributed by atoms with Gasteiger partial charge in [-0.1, -0.05) is 120 Å². The summed E-state index contributed by atoms with van der Waals surface area (Å²) in [4.78, 5) is 106. The highest BCUT2D eigenvalue weighted by Gasteiger charge is 2.55. The van der Waals surface area contributed by atoms with E-state index in [1.165, 1.54) is 18.9 Å². The summed E-state index contributed by atoms with van der Waals surface area (Å²) in [7, 11) is 2.83. The molecule has 73 heavy (non-hydrogen) atoms. The molecule has 394 valence electrons. The second-order valence-corrected chi connectivity index (χ2v) is 22.9. The lowest BCUT2D eigenvalue weighted by Crippen LogP contribution is -2.60. The Bertz CT molecular complexity index is 2540. The van der Waals surface area contributed by atoms with Gasteiger partial charge in [-0.25, -0.2) is 4.79 Å². The van der Waals surface area contributed by atoms with Gasteiger partial charge < -0.3 is 46.2 Å². The smallest absolute Gasteiger partial charge is 0.407 e. The van der Waals surface area contributed by atoms with E-state index in [-0.39, 0.29) is 62.8 Å². The van der Waals surface area contributed by atoms with Crippen molar-refractivity contribution in [3.8, 4) is 0 Å². The van der Waals surface area contributed by atoms with Gasteiger partial charge in [0, 0.05) is 46.3 Å². The van der Waals surface area contributed by atoms with Crippen LogP contribution in [0.15, 0.2) is 78.9 Å². The molecule has 3 aromatic carbocycles. The fourth-order valence-corrected chi connectivity index (χ4v) is 10.6. The summed E-state index contributed by atoms with van der Waals surface area (Å²) in [5.74, 6) is -2.64. The van der Waals surface area contributed by atoms with Crippen molar-refractivity contribution in [3.63, 3.8) is 0 Å². The van der Waals surface area contributed by atoms with Crippen molar-refractivity contribution in [2.45, 2.75) is 148 Å². The molecule has 2 fully saturated rings. The number of carboxylic acid groups (broad SMARTS) is 1. The van der Waals surface area contributed by atoms with Crippen LogP contribution < -0.4 is 21.7 Å². The van der Waals surface area contributed by atoms with Crippen LogP contribution in [0.4, 0.5) is 4.79 Å². The highest BCUT2D eigenvalue weighted by molar-refractivity contribution is 5.96. The maximum Gasteiger partial charge on any atom is 0.407 e. The maximum atomic E-state index is 15.6. The molecule has 0 radical (unpaired) electrons. The number of likely N-dealkylation sites (N-methyl/N-ethyl adjacent to an activating group) is 1. The number of aryl methyl sites for hydroxylation is 1. The zero-order chi connectivity index (χ0) is 53.2. The number of fused-ring (bicyclic) bond motifs is 2. The van der Waals surface area contributed by atoms with Gasteiger partial charge in [0.2, 0.25) is 35.4 Å². The number of benzene rings is 3. The Kier molecular flexibility index (Phi) is 16.4. The van der Waals surface area contributed by atoms with E-state index >= 15 is 9.59 Å². The molecule has 4 aliphatic rings. The summed E-state index contributed by atoms with van der Waals surface area (Å²) >= 11 is 0. The summed E-state index contributed by atoms with van der Waals surface area (Å²) in [6, 6.07) is 18.4. The molecule has 0 aromatic heterocycles. The first-order valence-corrected chi connectivity index (χ1v) is 25.7. The normalized spacial score (nSPS) is 21.8. The molecule has 8 atom stereocenters. The maximum absolute atomic E-state index is 15.6. The van der Waals surface area contributed by atoms with Crippen molar-refractivity contribution < 1.29 is 43.4 Å². The summed E-state index contributed by atoms with van der Waals surface area (Å²) < 4.78 is 5.81. The Morgan fingerprint density at radius 1 is 0.822 bits per heavy atom. The highest BCUT2D eigenvalue weighted by Crippen LogP contribution is 2.48. The molecule has 0 unspecified atom stereocenters. The van der Waals surface area contributed by atoms with Crippen LogP contribution in [0.5, 0.6) is 0 Å². The van der Waals surface area contributed by atoms with Crippen molar-refractivity contribution in [1.82, 2.24) is 35.6 Å². The Balaban J connectivity index is 1.19. The van der Waals surface area contributed by atoms with Crippen LogP contribution in [0.25, 0.3) is 0 Å². The van der Waals surface area contributed by atoms with E-state index in [0.29, 0.717) is 19.3 Å². The summed E-state index contributed by atoms with van der Waals surface area (Å²) in [6.45, 7) is 12.7. The van der Waals surface area contributed by atoms with Gasteiger partial charge in [0.15, 0.2) is 0 Å².